The molecule has 29 heavy (non-hydrogen) atoms. The maximum Gasteiger partial charge on any atom is 0.277 e. The van der Waals surface area contributed by atoms with Gasteiger partial charge in [0.05, 0.1) is 27.0 Å². The number of nitrogens with zero attached hydrogens (tertiary/aromatic N) is 3. The second-order valence-electron chi connectivity index (χ2n) is 5.63. The van der Waals surface area contributed by atoms with Crippen LogP contribution in [0.15, 0.2) is 51.2 Å². The van der Waals surface area contributed by atoms with Crippen LogP contribution in [-0.4, -0.2) is 48.2 Å². The van der Waals surface area contributed by atoms with Crippen molar-refractivity contribution in [1.82, 2.24) is 10.2 Å². The molecule has 1 N–H and O–H groups in total. The van der Waals surface area contributed by atoms with E-state index in [0.29, 0.717) is 50.4 Å². The Kier molecular flexibility index (Phi) is 6.84. The van der Waals surface area contributed by atoms with E-state index < -0.39 is 0 Å². The smallest absolute Gasteiger partial charge is 0.277 e. The average molecular weight is 436 g/mol. The summed E-state index contributed by atoms with van der Waals surface area (Å²) in [5.74, 6) is 2.05. The van der Waals surface area contributed by atoms with Gasteiger partial charge in [0.25, 0.3) is 5.22 Å². The van der Waals surface area contributed by atoms with Crippen molar-refractivity contribution in [3.63, 3.8) is 0 Å². The van der Waals surface area contributed by atoms with Crippen LogP contribution in [0.5, 0.6) is 17.2 Å². The van der Waals surface area contributed by atoms with Crippen molar-refractivity contribution in [2.24, 2.45) is 5.16 Å². The summed E-state index contributed by atoms with van der Waals surface area (Å²) in [6, 6.07) is 10.4. The Morgan fingerprint density at radius 1 is 1.07 bits per heavy atom. The minimum atomic E-state index is 0.292. The number of ether oxygens (including phenoxy) is 3. The molecule has 0 aliphatic rings. The highest BCUT2D eigenvalue weighted by Crippen LogP contribution is 2.41. The zero-order chi connectivity index (χ0) is 20.8. The van der Waals surface area contributed by atoms with E-state index in [1.165, 1.54) is 33.1 Å². The molecule has 0 aliphatic heterocycles. The largest absolute Gasteiger partial charge is 0.493 e. The van der Waals surface area contributed by atoms with E-state index in [1.54, 1.807) is 36.4 Å². The van der Waals surface area contributed by atoms with Crippen LogP contribution in [0, 0.1) is 0 Å². The summed E-state index contributed by atoms with van der Waals surface area (Å²) in [4.78, 5) is 0. The zero-order valence-electron chi connectivity index (χ0n) is 15.9. The van der Waals surface area contributed by atoms with Gasteiger partial charge in [0.1, 0.15) is 0 Å². The minimum absolute atomic E-state index is 0.292. The highest BCUT2D eigenvalue weighted by Gasteiger charge is 2.18. The number of aromatic nitrogens is 2. The van der Waals surface area contributed by atoms with Crippen LogP contribution in [0.4, 0.5) is 0 Å². The van der Waals surface area contributed by atoms with E-state index in [4.69, 9.17) is 30.2 Å². The van der Waals surface area contributed by atoms with Gasteiger partial charge >= 0.3 is 0 Å². The molecule has 0 bridgehead atoms. The van der Waals surface area contributed by atoms with Crippen LogP contribution in [0.2, 0.25) is 5.02 Å². The summed E-state index contributed by atoms with van der Waals surface area (Å²) in [5, 5.41) is 21.7. The molecule has 0 radical (unpaired) electrons. The third-order valence-corrected chi connectivity index (χ3v) is 5.03. The van der Waals surface area contributed by atoms with Crippen LogP contribution in [0.1, 0.15) is 5.56 Å². The van der Waals surface area contributed by atoms with Crippen LogP contribution in [0.25, 0.3) is 11.5 Å². The predicted octanol–water partition coefficient (Wildman–Crippen LogP) is 4.39. The van der Waals surface area contributed by atoms with E-state index in [0.717, 1.165) is 5.56 Å². The normalized spacial score (nSPS) is 11.4. The monoisotopic (exact) mass is 435 g/mol. The van der Waals surface area contributed by atoms with Crippen LogP contribution in [-0.2, 0) is 0 Å². The van der Waals surface area contributed by atoms with E-state index >= 15 is 0 Å². The highest BCUT2D eigenvalue weighted by molar-refractivity contribution is 7.99. The molecule has 2 aromatic carbocycles. The van der Waals surface area contributed by atoms with Crippen molar-refractivity contribution in [2.45, 2.75) is 5.22 Å². The number of thioether (sulfide) groups is 1. The van der Waals surface area contributed by atoms with E-state index in [-0.39, 0.29) is 0 Å². The highest BCUT2D eigenvalue weighted by atomic mass is 35.5. The molecule has 0 fully saturated rings. The average Bonchev–Trinajstić information content (AvgIpc) is 3.23. The molecule has 1 heterocycles. The molecule has 1 aromatic heterocycles. The number of oxime groups is 1. The third-order valence-electron chi connectivity index (χ3n) is 3.95. The first-order valence-corrected chi connectivity index (χ1v) is 9.69. The first-order valence-electron chi connectivity index (χ1n) is 8.33. The van der Waals surface area contributed by atoms with E-state index in [2.05, 4.69) is 15.4 Å². The van der Waals surface area contributed by atoms with Crippen molar-refractivity contribution < 1.29 is 23.8 Å². The molecule has 10 heteroatoms. The zero-order valence-corrected chi connectivity index (χ0v) is 17.5. The summed E-state index contributed by atoms with van der Waals surface area (Å²) in [7, 11) is 4.59. The Bertz CT molecular complexity index is 982. The lowest BCUT2D eigenvalue weighted by Gasteiger charge is -2.12. The van der Waals surface area contributed by atoms with Crippen molar-refractivity contribution in [2.75, 3.05) is 27.1 Å². The van der Waals surface area contributed by atoms with Gasteiger partial charge in [-0.2, -0.15) is 0 Å². The standard InChI is InChI=1S/C19H18ClN3O5S/c1-25-15-8-12(9-16(26-2)17(15)27-3)18-21-22-19(28-18)29-10-14(23-24)11-4-6-13(20)7-5-11/h4-9,24H,10H2,1-3H3/b23-14+. The quantitative estimate of drug-likeness (QED) is 0.241. The minimum Gasteiger partial charge on any atom is -0.493 e. The second kappa shape index (κ2) is 9.53. The molecule has 3 aromatic rings. The van der Waals surface area contributed by atoms with Gasteiger partial charge in [-0.05, 0) is 24.3 Å². The van der Waals surface area contributed by atoms with Gasteiger partial charge in [0.15, 0.2) is 11.5 Å². The molecule has 3 rings (SSSR count). The summed E-state index contributed by atoms with van der Waals surface area (Å²) in [6.45, 7) is 0. The van der Waals surface area contributed by atoms with Crippen molar-refractivity contribution in [3.05, 3.63) is 47.0 Å². The first kappa shape index (κ1) is 20.8. The van der Waals surface area contributed by atoms with E-state index in [9.17, 15) is 5.21 Å². The fourth-order valence-electron chi connectivity index (χ4n) is 2.53. The number of hydrogen-bond acceptors (Lipinski definition) is 9. The van der Waals surface area contributed by atoms with Gasteiger partial charge in [-0.15, -0.1) is 10.2 Å². The molecule has 8 nitrogen and oxygen atoms in total. The Labute approximate surface area is 176 Å². The summed E-state index contributed by atoms with van der Waals surface area (Å²) >= 11 is 7.13. The molecular weight excluding hydrogens is 418 g/mol. The number of benzene rings is 2. The van der Waals surface area contributed by atoms with Crippen molar-refractivity contribution >= 4 is 29.1 Å². The molecular formula is C19H18ClN3O5S. The lowest BCUT2D eigenvalue weighted by Crippen LogP contribution is -2.04. The second-order valence-corrected chi connectivity index (χ2v) is 6.99. The van der Waals surface area contributed by atoms with Gasteiger partial charge in [0.2, 0.25) is 11.6 Å². The summed E-state index contributed by atoms with van der Waals surface area (Å²) < 4.78 is 21.7. The van der Waals surface area contributed by atoms with Gasteiger partial charge in [-0.1, -0.05) is 40.7 Å². The number of rotatable bonds is 8. The summed E-state index contributed by atoms with van der Waals surface area (Å²) in [6.07, 6.45) is 0. The Balaban J connectivity index is 1.78. The fraction of sp³-hybridized carbons (Fsp3) is 0.211. The van der Waals surface area contributed by atoms with Crippen LogP contribution in [0.3, 0.4) is 0 Å². The lowest BCUT2D eigenvalue weighted by atomic mass is 10.1. The molecule has 152 valence electrons. The van der Waals surface area contributed by atoms with E-state index in [1.807, 2.05) is 0 Å². The number of methoxy groups -OCH3 is 3. The van der Waals surface area contributed by atoms with Crippen molar-refractivity contribution in [3.8, 4) is 28.7 Å². The van der Waals surface area contributed by atoms with Crippen molar-refractivity contribution in [1.29, 1.82) is 0 Å². The van der Waals surface area contributed by atoms with Crippen LogP contribution >= 0.6 is 23.4 Å². The topological polar surface area (TPSA) is 99.2 Å². The Hall–Kier alpha value is -2.91. The SMILES string of the molecule is COc1cc(-c2nnc(SC/C(=N\O)c3ccc(Cl)cc3)o2)cc(OC)c1OC. The van der Waals surface area contributed by atoms with Gasteiger partial charge in [-0.3, -0.25) is 0 Å². The molecule has 0 spiro atoms. The molecule has 0 atom stereocenters. The summed E-state index contributed by atoms with van der Waals surface area (Å²) in [5.41, 5.74) is 1.82. The van der Waals surface area contributed by atoms with Crippen LogP contribution < -0.4 is 14.2 Å². The fourth-order valence-corrected chi connectivity index (χ4v) is 3.38. The molecule has 0 unspecified atom stereocenters. The molecule has 0 amide bonds. The Morgan fingerprint density at radius 3 is 2.28 bits per heavy atom. The lowest BCUT2D eigenvalue weighted by molar-refractivity contribution is 0.319. The predicted molar refractivity (Wildman–Crippen MR) is 110 cm³/mol. The molecule has 0 saturated heterocycles. The third kappa shape index (κ3) is 4.75. The Morgan fingerprint density at radius 2 is 1.72 bits per heavy atom. The van der Waals surface area contributed by atoms with Gasteiger partial charge in [-0.25, -0.2) is 0 Å². The van der Waals surface area contributed by atoms with Gasteiger partial charge in [0, 0.05) is 21.9 Å². The molecule has 0 aliphatic carbocycles. The maximum absolute atomic E-state index is 9.31. The first-order chi connectivity index (χ1) is 14.1. The number of halogens is 1. The molecule has 0 saturated carbocycles. The van der Waals surface area contributed by atoms with Gasteiger partial charge < -0.3 is 23.8 Å². The maximum atomic E-state index is 9.31. The number of hydrogen-bond donors (Lipinski definition) is 1.